The number of H-pyrrole nitrogens is 1. The summed E-state index contributed by atoms with van der Waals surface area (Å²) in [5.41, 5.74) is 8.07. The van der Waals surface area contributed by atoms with Crippen LogP contribution in [0, 0.1) is 25.7 Å². The number of aromatic amines is 1. The van der Waals surface area contributed by atoms with E-state index in [9.17, 15) is 14.4 Å². The molecule has 1 heterocycles. The number of nitrogen functional groups attached to an aromatic ring is 1. The Labute approximate surface area is 177 Å². The lowest BCUT2D eigenvalue weighted by Crippen LogP contribution is -2.43. The van der Waals surface area contributed by atoms with Crippen LogP contribution in [-0.2, 0) is 11.3 Å². The number of rotatable bonds is 8. The quantitative estimate of drug-likeness (QED) is 0.613. The van der Waals surface area contributed by atoms with Gasteiger partial charge in [-0.3, -0.25) is 19.1 Å². The monoisotopic (exact) mass is 415 g/mol. The molecule has 0 spiro atoms. The van der Waals surface area contributed by atoms with Gasteiger partial charge in [-0.25, -0.2) is 4.79 Å². The van der Waals surface area contributed by atoms with E-state index in [4.69, 9.17) is 5.73 Å². The second-order valence-electron chi connectivity index (χ2n) is 8.64. The van der Waals surface area contributed by atoms with Crippen LogP contribution >= 0.6 is 0 Å². The highest BCUT2D eigenvalue weighted by Gasteiger charge is 2.22. The number of nitrogens with two attached hydrogens (primary N) is 1. The van der Waals surface area contributed by atoms with Gasteiger partial charge in [0.15, 0.2) is 0 Å². The van der Waals surface area contributed by atoms with Gasteiger partial charge in [-0.15, -0.1) is 0 Å². The fraction of sp³-hybridized carbons (Fsp3) is 0.500. The van der Waals surface area contributed by atoms with Crippen molar-refractivity contribution < 1.29 is 4.79 Å². The summed E-state index contributed by atoms with van der Waals surface area (Å²) in [6.07, 6.45) is 0. The van der Waals surface area contributed by atoms with Crippen molar-refractivity contribution in [2.75, 3.05) is 29.0 Å². The molecule has 1 aromatic carbocycles. The average molecular weight is 416 g/mol. The summed E-state index contributed by atoms with van der Waals surface area (Å²) in [4.78, 5) is 41.7. The van der Waals surface area contributed by atoms with E-state index in [-0.39, 0.29) is 35.8 Å². The molecule has 0 atom stereocenters. The summed E-state index contributed by atoms with van der Waals surface area (Å²) in [6, 6.07) is 5.78. The summed E-state index contributed by atoms with van der Waals surface area (Å²) in [5.74, 6) is 0.152. The number of hydrogen-bond donors (Lipinski definition) is 3. The first kappa shape index (κ1) is 23.3. The van der Waals surface area contributed by atoms with E-state index < -0.39 is 11.2 Å². The van der Waals surface area contributed by atoms with Gasteiger partial charge >= 0.3 is 5.69 Å². The molecule has 8 nitrogen and oxygen atoms in total. The zero-order chi connectivity index (χ0) is 22.6. The molecule has 0 saturated heterocycles. The molecule has 2 rings (SSSR count). The van der Waals surface area contributed by atoms with Crippen LogP contribution in [0.2, 0.25) is 0 Å². The predicted octanol–water partition coefficient (Wildman–Crippen LogP) is 2.49. The van der Waals surface area contributed by atoms with Gasteiger partial charge in [0.1, 0.15) is 11.5 Å². The number of aromatic nitrogens is 2. The van der Waals surface area contributed by atoms with Gasteiger partial charge in [0.2, 0.25) is 5.91 Å². The predicted molar refractivity (Wildman–Crippen MR) is 122 cm³/mol. The van der Waals surface area contributed by atoms with Crippen LogP contribution in [0.15, 0.2) is 27.8 Å². The third-order valence-corrected chi connectivity index (χ3v) is 4.65. The Morgan fingerprint density at radius 3 is 2.40 bits per heavy atom. The fourth-order valence-corrected chi connectivity index (χ4v) is 3.42. The van der Waals surface area contributed by atoms with E-state index in [1.165, 1.54) is 4.57 Å². The maximum Gasteiger partial charge on any atom is 0.330 e. The lowest BCUT2D eigenvalue weighted by molar-refractivity contribution is -0.115. The molecular formula is C22H33N5O3. The molecule has 0 bridgehead atoms. The largest absolute Gasteiger partial charge is 0.383 e. The summed E-state index contributed by atoms with van der Waals surface area (Å²) in [5, 5.41) is 2.91. The zero-order valence-corrected chi connectivity index (χ0v) is 18.7. The van der Waals surface area contributed by atoms with Crippen LogP contribution in [0.5, 0.6) is 0 Å². The Bertz CT molecular complexity index is 1020. The normalized spacial score (nSPS) is 11.2. The van der Waals surface area contributed by atoms with Crippen molar-refractivity contribution in [3.63, 3.8) is 0 Å². The average Bonchev–Trinajstić information content (AvgIpc) is 2.60. The van der Waals surface area contributed by atoms with Crippen molar-refractivity contribution in [1.29, 1.82) is 0 Å². The van der Waals surface area contributed by atoms with Crippen LogP contribution < -0.4 is 27.2 Å². The molecule has 0 aliphatic rings. The maximum atomic E-state index is 12.8. The first-order valence-electron chi connectivity index (χ1n) is 10.2. The molecule has 0 unspecified atom stereocenters. The molecule has 0 aliphatic heterocycles. The number of nitrogens with one attached hydrogen (secondary N) is 2. The van der Waals surface area contributed by atoms with Crippen molar-refractivity contribution in [2.45, 2.75) is 48.1 Å². The molecule has 0 fully saturated rings. The highest BCUT2D eigenvalue weighted by molar-refractivity contribution is 5.95. The van der Waals surface area contributed by atoms with Gasteiger partial charge in [0, 0.05) is 18.8 Å². The SMILES string of the molecule is Cc1ccc(NC(=O)CN(CC(C)C)c2c(N)n(CC(C)C)c(=O)[nH]c2=O)c(C)c1. The second kappa shape index (κ2) is 9.65. The molecule has 2 aromatic rings. The molecule has 1 amide bonds. The van der Waals surface area contributed by atoms with Crippen LogP contribution in [0.1, 0.15) is 38.8 Å². The van der Waals surface area contributed by atoms with Gasteiger partial charge in [0.25, 0.3) is 5.56 Å². The zero-order valence-electron chi connectivity index (χ0n) is 18.7. The van der Waals surface area contributed by atoms with E-state index in [0.717, 1.165) is 16.8 Å². The lowest BCUT2D eigenvalue weighted by Gasteiger charge is -2.27. The Balaban J connectivity index is 2.39. The molecule has 1 aromatic heterocycles. The molecule has 0 radical (unpaired) electrons. The van der Waals surface area contributed by atoms with Crippen LogP contribution in [0.3, 0.4) is 0 Å². The van der Waals surface area contributed by atoms with Crippen molar-refractivity contribution >= 4 is 23.1 Å². The number of amides is 1. The van der Waals surface area contributed by atoms with Gasteiger partial charge in [0.05, 0.1) is 6.54 Å². The third-order valence-electron chi connectivity index (χ3n) is 4.65. The number of nitrogens with zero attached hydrogens (tertiary/aromatic N) is 2. The standard InChI is InChI=1S/C22H33N5O3/c1-13(2)10-26(12-18(28)24-17-8-7-15(5)9-16(17)6)19-20(23)27(11-14(3)4)22(30)25-21(19)29/h7-9,13-14H,10-12,23H2,1-6H3,(H,24,28)(H,25,29,30). The van der Waals surface area contributed by atoms with E-state index in [2.05, 4.69) is 10.3 Å². The van der Waals surface area contributed by atoms with Crippen molar-refractivity contribution in [3.05, 3.63) is 50.2 Å². The van der Waals surface area contributed by atoms with Crippen LogP contribution in [-0.4, -0.2) is 28.5 Å². The summed E-state index contributed by atoms with van der Waals surface area (Å²) >= 11 is 0. The summed E-state index contributed by atoms with van der Waals surface area (Å²) in [7, 11) is 0. The molecular weight excluding hydrogens is 382 g/mol. The Morgan fingerprint density at radius 1 is 1.17 bits per heavy atom. The first-order valence-corrected chi connectivity index (χ1v) is 10.2. The van der Waals surface area contributed by atoms with Gasteiger partial charge in [-0.1, -0.05) is 45.4 Å². The fourth-order valence-electron chi connectivity index (χ4n) is 3.42. The highest BCUT2D eigenvalue weighted by atomic mass is 16.2. The van der Waals surface area contributed by atoms with E-state index in [1.807, 2.05) is 59.7 Å². The van der Waals surface area contributed by atoms with E-state index >= 15 is 0 Å². The smallest absolute Gasteiger partial charge is 0.330 e. The minimum absolute atomic E-state index is 0.0569. The second-order valence-corrected chi connectivity index (χ2v) is 8.64. The number of carbonyl (C=O) groups excluding carboxylic acids is 1. The lowest BCUT2D eigenvalue weighted by atomic mass is 10.1. The Morgan fingerprint density at radius 2 is 1.83 bits per heavy atom. The minimum atomic E-state index is -0.586. The molecule has 164 valence electrons. The van der Waals surface area contributed by atoms with Crippen LogP contribution in [0.4, 0.5) is 17.2 Å². The highest BCUT2D eigenvalue weighted by Crippen LogP contribution is 2.20. The number of carbonyl (C=O) groups is 1. The molecule has 0 saturated carbocycles. The van der Waals surface area contributed by atoms with Gasteiger partial charge in [-0.2, -0.15) is 0 Å². The van der Waals surface area contributed by atoms with E-state index in [1.54, 1.807) is 4.90 Å². The number of hydrogen-bond acceptors (Lipinski definition) is 5. The molecule has 4 N–H and O–H groups in total. The Kier molecular flexibility index (Phi) is 7.48. The molecule has 30 heavy (non-hydrogen) atoms. The van der Waals surface area contributed by atoms with Crippen molar-refractivity contribution in [2.24, 2.45) is 11.8 Å². The number of anilines is 3. The maximum absolute atomic E-state index is 12.8. The number of aryl methyl sites for hydroxylation is 2. The van der Waals surface area contributed by atoms with Crippen molar-refractivity contribution in [3.8, 4) is 0 Å². The number of benzene rings is 1. The molecule has 0 aliphatic carbocycles. The van der Waals surface area contributed by atoms with E-state index in [0.29, 0.717) is 13.1 Å². The first-order chi connectivity index (χ1) is 14.0. The molecule has 8 heteroatoms. The summed E-state index contributed by atoms with van der Waals surface area (Å²) in [6.45, 7) is 12.6. The van der Waals surface area contributed by atoms with Crippen molar-refractivity contribution in [1.82, 2.24) is 9.55 Å². The van der Waals surface area contributed by atoms with Gasteiger partial charge < -0.3 is 16.0 Å². The Hall–Kier alpha value is -3.03. The minimum Gasteiger partial charge on any atom is -0.383 e. The van der Waals surface area contributed by atoms with Crippen LogP contribution in [0.25, 0.3) is 0 Å². The van der Waals surface area contributed by atoms with Gasteiger partial charge in [-0.05, 0) is 37.3 Å². The summed E-state index contributed by atoms with van der Waals surface area (Å²) < 4.78 is 1.36. The third kappa shape index (κ3) is 5.75. The topological polar surface area (TPSA) is 113 Å².